The summed E-state index contributed by atoms with van der Waals surface area (Å²) in [6, 6.07) is 16.2. The molecule has 3 N–H and O–H groups in total. The van der Waals surface area contributed by atoms with Gasteiger partial charge in [-0.25, -0.2) is 13.6 Å². The maximum absolute atomic E-state index is 15.6. The van der Waals surface area contributed by atoms with Crippen LogP contribution in [0.4, 0.5) is 22.0 Å². The molecule has 1 saturated heterocycles. The van der Waals surface area contributed by atoms with Crippen LogP contribution in [0.2, 0.25) is 10.0 Å². The number of carbonyl (C=O) groups is 3. The molecule has 47 heavy (non-hydrogen) atoms. The van der Waals surface area contributed by atoms with Crippen LogP contribution in [0.5, 0.6) is 0 Å². The van der Waals surface area contributed by atoms with Crippen LogP contribution in [-0.4, -0.2) is 46.4 Å². The SMILES string of the molecule is CC(C)(C[C@@H]1N[C@@H](C(=O)O)[C@H](c2cccc(Cl)c2F)[C@@]1(C#N)c1ccc(Cl)cc1F)C(=O)OCc1ccccc1.O=C(O)C(F)(F)F. The van der Waals surface area contributed by atoms with Gasteiger partial charge >= 0.3 is 24.1 Å². The molecular formula is C32H27Cl2F5N2O6. The molecule has 0 aromatic heterocycles. The van der Waals surface area contributed by atoms with E-state index >= 15 is 8.78 Å². The third-order valence-electron chi connectivity index (χ3n) is 7.62. The van der Waals surface area contributed by atoms with Crippen molar-refractivity contribution in [1.29, 1.82) is 5.26 Å². The standard InChI is InChI=1S/C30H26Cl2F2N2O4.C2HF3O2/c1-29(2,28(39)40-15-17-7-4-3-5-8-17)14-23-30(16-35,20-12-11-18(31)13-22(20)33)24(26(36-23)27(37)38)19-9-6-10-21(32)25(19)34;3-2(4,5)1(6)7/h3-13,23-24,26,36H,14-15H2,1-2H3,(H,37,38);(H,6,7)/t23-,24-,26+,30-;/m0./s1. The summed E-state index contributed by atoms with van der Waals surface area (Å²) in [4.78, 5) is 34.6. The lowest BCUT2D eigenvalue weighted by Crippen LogP contribution is -2.46. The zero-order chi connectivity index (χ0) is 35.3. The lowest BCUT2D eigenvalue weighted by Gasteiger charge is -2.37. The summed E-state index contributed by atoms with van der Waals surface area (Å²) in [7, 11) is 0. The maximum Gasteiger partial charge on any atom is 0.490 e. The number of nitrogens with one attached hydrogen (secondary N) is 1. The number of rotatable bonds is 8. The van der Waals surface area contributed by atoms with E-state index in [1.807, 2.05) is 6.07 Å². The van der Waals surface area contributed by atoms with E-state index in [9.17, 15) is 33.1 Å². The zero-order valence-electron chi connectivity index (χ0n) is 24.6. The number of alkyl halides is 3. The summed E-state index contributed by atoms with van der Waals surface area (Å²) >= 11 is 12.0. The molecule has 0 amide bonds. The van der Waals surface area contributed by atoms with E-state index in [0.29, 0.717) is 0 Å². The predicted octanol–water partition coefficient (Wildman–Crippen LogP) is 7.03. The normalized spacial score (nSPS) is 20.8. The quantitative estimate of drug-likeness (QED) is 0.168. The molecule has 0 radical (unpaired) electrons. The van der Waals surface area contributed by atoms with Gasteiger partial charge < -0.3 is 14.9 Å². The number of nitrogens with zero attached hydrogens (tertiary/aromatic N) is 1. The molecule has 1 aliphatic heterocycles. The summed E-state index contributed by atoms with van der Waals surface area (Å²) in [6.07, 6.45) is -5.22. The van der Waals surface area contributed by atoms with Crippen molar-refractivity contribution >= 4 is 41.1 Å². The number of ether oxygens (including phenoxy) is 1. The Morgan fingerprint density at radius 2 is 1.62 bits per heavy atom. The van der Waals surface area contributed by atoms with Crippen LogP contribution in [0.15, 0.2) is 66.7 Å². The number of hydrogen-bond acceptors (Lipinski definition) is 6. The molecule has 15 heteroatoms. The molecule has 3 aromatic carbocycles. The molecule has 1 fully saturated rings. The Labute approximate surface area is 275 Å². The lowest BCUT2D eigenvalue weighted by atomic mass is 9.62. The Hall–Kier alpha value is -4.25. The smallest absolute Gasteiger partial charge is 0.480 e. The van der Waals surface area contributed by atoms with Gasteiger partial charge in [0.25, 0.3) is 0 Å². The highest BCUT2D eigenvalue weighted by molar-refractivity contribution is 6.31. The molecular weight excluding hydrogens is 674 g/mol. The first-order chi connectivity index (χ1) is 21.9. The van der Waals surface area contributed by atoms with Crippen molar-refractivity contribution in [2.45, 2.75) is 56.5 Å². The van der Waals surface area contributed by atoms with Gasteiger partial charge in [-0.1, -0.05) is 71.7 Å². The van der Waals surface area contributed by atoms with Crippen LogP contribution < -0.4 is 5.32 Å². The molecule has 0 spiro atoms. The van der Waals surface area contributed by atoms with E-state index in [4.69, 9.17) is 37.8 Å². The highest BCUT2D eigenvalue weighted by Gasteiger charge is 2.62. The van der Waals surface area contributed by atoms with Crippen molar-refractivity contribution in [2.24, 2.45) is 5.41 Å². The fourth-order valence-corrected chi connectivity index (χ4v) is 5.78. The number of nitriles is 1. The second kappa shape index (κ2) is 14.7. The zero-order valence-corrected chi connectivity index (χ0v) is 26.1. The molecule has 4 atom stereocenters. The van der Waals surface area contributed by atoms with E-state index in [-0.39, 0.29) is 34.2 Å². The third-order valence-corrected chi connectivity index (χ3v) is 8.15. The second-order valence-electron chi connectivity index (χ2n) is 11.2. The molecule has 0 aliphatic carbocycles. The number of carboxylic acid groups (broad SMARTS) is 2. The summed E-state index contributed by atoms with van der Waals surface area (Å²) in [5, 5.41) is 30.8. The van der Waals surface area contributed by atoms with Crippen LogP contribution in [0.3, 0.4) is 0 Å². The highest BCUT2D eigenvalue weighted by atomic mass is 35.5. The number of esters is 1. The van der Waals surface area contributed by atoms with Crippen LogP contribution in [0.1, 0.15) is 42.9 Å². The van der Waals surface area contributed by atoms with Gasteiger partial charge in [0.2, 0.25) is 0 Å². The first-order valence-corrected chi connectivity index (χ1v) is 14.4. The predicted molar refractivity (Wildman–Crippen MR) is 160 cm³/mol. The fourth-order valence-electron chi connectivity index (χ4n) is 5.44. The molecule has 0 unspecified atom stereocenters. The Bertz CT molecular complexity index is 1680. The van der Waals surface area contributed by atoms with Gasteiger partial charge in [-0.2, -0.15) is 18.4 Å². The number of halogens is 7. The second-order valence-corrected chi connectivity index (χ2v) is 12.1. The first-order valence-electron chi connectivity index (χ1n) is 13.7. The Kier molecular flexibility index (Phi) is 11.6. The number of carbonyl (C=O) groups excluding carboxylic acids is 1. The van der Waals surface area contributed by atoms with E-state index in [0.717, 1.165) is 11.6 Å². The largest absolute Gasteiger partial charge is 0.490 e. The van der Waals surface area contributed by atoms with Gasteiger partial charge in [0, 0.05) is 22.5 Å². The average molecular weight is 701 g/mol. The van der Waals surface area contributed by atoms with Crippen molar-refractivity contribution in [1.82, 2.24) is 5.32 Å². The molecule has 4 rings (SSSR count). The minimum Gasteiger partial charge on any atom is -0.480 e. The van der Waals surface area contributed by atoms with E-state index in [2.05, 4.69) is 11.4 Å². The Morgan fingerprint density at radius 3 is 2.15 bits per heavy atom. The maximum atomic E-state index is 15.6. The Morgan fingerprint density at radius 1 is 1.00 bits per heavy atom. The summed E-state index contributed by atoms with van der Waals surface area (Å²) in [6.45, 7) is 3.18. The minimum absolute atomic E-state index is 0.00447. The molecule has 3 aromatic rings. The fraction of sp³-hybridized carbons (Fsp3) is 0.312. The molecule has 8 nitrogen and oxygen atoms in total. The molecule has 0 bridgehead atoms. The lowest BCUT2D eigenvalue weighted by molar-refractivity contribution is -0.192. The van der Waals surface area contributed by atoms with Crippen molar-refractivity contribution in [2.75, 3.05) is 0 Å². The highest BCUT2D eigenvalue weighted by Crippen LogP contribution is 2.53. The topological polar surface area (TPSA) is 137 Å². The summed E-state index contributed by atoms with van der Waals surface area (Å²) < 4.78 is 68.3. The van der Waals surface area contributed by atoms with Crippen LogP contribution >= 0.6 is 23.2 Å². The van der Waals surface area contributed by atoms with Crippen LogP contribution in [0, 0.1) is 28.4 Å². The van der Waals surface area contributed by atoms with Gasteiger partial charge in [-0.15, -0.1) is 0 Å². The van der Waals surface area contributed by atoms with E-state index in [1.54, 1.807) is 38.1 Å². The van der Waals surface area contributed by atoms with E-state index in [1.165, 1.54) is 30.3 Å². The molecule has 1 aliphatic rings. The van der Waals surface area contributed by atoms with Gasteiger partial charge in [-0.3, -0.25) is 14.9 Å². The molecule has 0 saturated carbocycles. The first kappa shape index (κ1) is 37.2. The summed E-state index contributed by atoms with van der Waals surface area (Å²) in [5.74, 6) is -7.96. The molecule has 1 heterocycles. The monoisotopic (exact) mass is 700 g/mol. The third kappa shape index (κ3) is 8.19. The van der Waals surface area contributed by atoms with Crippen molar-refractivity contribution in [3.8, 4) is 6.07 Å². The van der Waals surface area contributed by atoms with E-state index < -0.39 is 64.6 Å². The average Bonchev–Trinajstić information content (AvgIpc) is 3.31. The van der Waals surface area contributed by atoms with Crippen molar-refractivity contribution in [3.05, 3.63) is 105 Å². The molecule has 250 valence electrons. The Balaban J connectivity index is 0.000000771. The van der Waals surface area contributed by atoms with Gasteiger partial charge in [0.15, 0.2) is 0 Å². The van der Waals surface area contributed by atoms with Gasteiger partial charge in [-0.05, 0) is 49.6 Å². The van der Waals surface area contributed by atoms with Crippen LogP contribution in [-0.2, 0) is 31.1 Å². The van der Waals surface area contributed by atoms with Crippen LogP contribution in [0.25, 0.3) is 0 Å². The van der Waals surface area contributed by atoms with Gasteiger partial charge in [0.05, 0.1) is 16.5 Å². The van der Waals surface area contributed by atoms with Gasteiger partial charge in [0.1, 0.15) is 29.7 Å². The summed E-state index contributed by atoms with van der Waals surface area (Å²) in [5.41, 5.74) is -2.83. The minimum atomic E-state index is -5.08. The number of aliphatic carboxylic acids is 2. The number of benzene rings is 3. The number of hydrogen-bond donors (Lipinski definition) is 3. The van der Waals surface area contributed by atoms with Crippen molar-refractivity contribution in [3.63, 3.8) is 0 Å². The van der Waals surface area contributed by atoms with Crippen molar-refractivity contribution < 1.29 is 51.3 Å². The number of carboxylic acids is 2.